The summed E-state index contributed by atoms with van der Waals surface area (Å²) in [6.45, 7) is 3.58. The van der Waals surface area contributed by atoms with Crippen molar-refractivity contribution in [1.82, 2.24) is 10.2 Å². The zero-order chi connectivity index (χ0) is 22.3. The van der Waals surface area contributed by atoms with Gasteiger partial charge < -0.3 is 15.4 Å². The van der Waals surface area contributed by atoms with Gasteiger partial charge >= 0.3 is 0 Å². The van der Waals surface area contributed by atoms with Crippen LogP contribution in [0.4, 0.5) is 5.69 Å². The number of rotatable bonds is 7. The maximum atomic E-state index is 13.1. The number of halogens is 1. The summed E-state index contributed by atoms with van der Waals surface area (Å²) in [6, 6.07) is 15.0. The number of hydrogen-bond donors (Lipinski definition) is 2. The third-order valence-corrected chi connectivity index (χ3v) is 6.54. The van der Waals surface area contributed by atoms with Gasteiger partial charge in [0.1, 0.15) is 0 Å². The Hall–Kier alpha value is -2.41. The van der Waals surface area contributed by atoms with E-state index in [0.29, 0.717) is 24.3 Å². The number of benzene rings is 2. The summed E-state index contributed by atoms with van der Waals surface area (Å²) in [5.41, 5.74) is 2.09. The fraction of sp³-hybridized carbons (Fsp3) is 0.440. The predicted molar refractivity (Wildman–Crippen MR) is 126 cm³/mol. The van der Waals surface area contributed by atoms with E-state index in [9.17, 15) is 9.59 Å². The molecule has 0 spiro atoms. The van der Waals surface area contributed by atoms with Gasteiger partial charge in [-0.15, -0.1) is 0 Å². The summed E-state index contributed by atoms with van der Waals surface area (Å²) in [6.07, 6.45) is 3.85. The van der Waals surface area contributed by atoms with Crippen molar-refractivity contribution < 1.29 is 14.3 Å². The number of nitrogens with one attached hydrogen (secondary N) is 2. The molecule has 0 aliphatic carbocycles. The molecular formula is C25H30ClN3O3. The average molecular weight is 456 g/mol. The van der Waals surface area contributed by atoms with Gasteiger partial charge in [0.25, 0.3) is 5.91 Å². The molecule has 4 rings (SSSR count). The van der Waals surface area contributed by atoms with Crippen molar-refractivity contribution in [3.63, 3.8) is 0 Å². The first-order chi connectivity index (χ1) is 15.6. The van der Waals surface area contributed by atoms with Gasteiger partial charge in [0.05, 0.1) is 23.3 Å². The Morgan fingerprint density at radius 3 is 2.69 bits per heavy atom. The molecule has 2 aliphatic heterocycles. The van der Waals surface area contributed by atoms with Crippen LogP contribution in [0.3, 0.4) is 0 Å². The molecule has 2 aromatic carbocycles. The average Bonchev–Trinajstić information content (AvgIpc) is 3.33. The fourth-order valence-electron chi connectivity index (χ4n) is 4.41. The van der Waals surface area contributed by atoms with E-state index in [0.717, 1.165) is 56.0 Å². The molecule has 0 aromatic heterocycles. The van der Waals surface area contributed by atoms with E-state index in [1.807, 2.05) is 36.4 Å². The molecular weight excluding hydrogens is 426 g/mol. The zero-order valence-electron chi connectivity index (χ0n) is 18.2. The van der Waals surface area contributed by atoms with Crippen LogP contribution in [-0.4, -0.2) is 49.1 Å². The van der Waals surface area contributed by atoms with Crippen LogP contribution >= 0.6 is 11.6 Å². The van der Waals surface area contributed by atoms with Crippen LogP contribution in [-0.2, 0) is 16.1 Å². The summed E-state index contributed by atoms with van der Waals surface area (Å²) in [7, 11) is 0. The van der Waals surface area contributed by atoms with Crippen molar-refractivity contribution in [3.05, 3.63) is 64.7 Å². The van der Waals surface area contributed by atoms with E-state index in [1.54, 1.807) is 12.1 Å². The van der Waals surface area contributed by atoms with Crippen LogP contribution in [0.25, 0.3) is 0 Å². The molecule has 6 nitrogen and oxygen atoms in total. The SMILES string of the molecule is O=C(NCC1CCCO1)c1ccccc1NC(=O)C1CCCN(Cc2ccccc2Cl)C1. The second-order valence-corrected chi connectivity index (χ2v) is 8.95. The number of ether oxygens (including phenoxy) is 1. The standard InChI is InChI=1S/C25H30ClN3O3/c26-22-11-3-1-7-18(22)16-29-13-5-8-19(17-29)24(30)28-23-12-4-2-10-21(23)25(31)27-15-20-9-6-14-32-20/h1-4,7,10-12,19-20H,5-6,8-9,13-17H2,(H,27,31)(H,28,30). The molecule has 0 saturated carbocycles. The third kappa shape index (κ3) is 5.88. The quantitative estimate of drug-likeness (QED) is 0.659. The molecule has 2 aliphatic rings. The summed E-state index contributed by atoms with van der Waals surface area (Å²) >= 11 is 6.31. The van der Waals surface area contributed by atoms with Gasteiger partial charge in [-0.2, -0.15) is 0 Å². The highest BCUT2D eigenvalue weighted by Crippen LogP contribution is 2.24. The van der Waals surface area contributed by atoms with Gasteiger partial charge in [0.2, 0.25) is 5.91 Å². The summed E-state index contributed by atoms with van der Waals surface area (Å²) in [5.74, 6) is -0.372. The first-order valence-electron chi connectivity index (χ1n) is 11.4. The van der Waals surface area contributed by atoms with Gasteiger partial charge in [-0.1, -0.05) is 41.9 Å². The molecule has 2 saturated heterocycles. The monoisotopic (exact) mass is 455 g/mol. The number of anilines is 1. The Morgan fingerprint density at radius 2 is 1.88 bits per heavy atom. The topological polar surface area (TPSA) is 70.7 Å². The van der Waals surface area contributed by atoms with Crippen molar-refractivity contribution in [2.45, 2.75) is 38.3 Å². The number of likely N-dealkylation sites (tertiary alicyclic amines) is 1. The largest absolute Gasteiger partial charge is 0.376 e. The first kappa shape index (κ1) is 22.8. The highest BCUT2D eigenvalue weighted by atomic mass is 35.5. The van der Waals surface area contributed by atoms with Crippen molar-refractivity contribution in [2.75, 3.05) is 31.6 Å². The second-order valence-electron chi connectivity index (χ2n) is 8.55. The third-order valence-electron chi connectivity index (χ3n) is 6.17. The molecule has 2 aromatic rings. The number of amides is 2. The zero-order valence-corrected chi connectivity index (χ0v) is 18.9. The Labute approximate surface area is 194 Å². The molecule has 170 valence electrons. The predicted octanol–water partition coefficient (Wildman–Crippen LogP) is 4.10. The lowest BCUT2D eigenvalue weighted by molar-refractivity contribution is -0.121. The van der Waals surface area contributed by atoms with Gasteiger partial charge in [-0.3, -0.25) is 14.5 Å². The van der Waals surface area contributed by atoms with Crippen LogP contribution in [0.5, 0.6) is 0 Å². The van der Waals surface area contributed by atoms with Crippen molar-refractivity contribution >= 4 is 29.1 Å². The van der Waals surface area contributed by atoms with Crippen LogP contribution < -0.4 is 10.6 Å². The highest BCUT2D eigenvalue weighted by molar-refractivity contribution is 6.31. The van der Waals surface area contributed by atoms with Gasteiger partial charge in [-0.05, 0) is 56.0 Å². The van der Waals surface area contributed by atoms with E-state index in [1.165, 1.54) is 0 Å². The molecule has 7 heteroatoms. The molecule has 0 radical (unpaired) electrons. The van der Waals surface area contributed by atoms with E-state index < -0.39 is 0 Å². The van der Waals surface area contributed by atoms with E-state index in [4.69, 9.17) is 16.3 Å². The maximum absolute atomic E-state index is 13.1. The van der Waals surface area contributed by atoms with Crippen molar-refractivity contribution in [3.8, 4) is 0 Å². The molecule has 2 fully saturated rings. The van der Waals surface area contributed by atoms with Crippen molar-refractivity contribution in [2.24, 2.45) is 5.92 Å². The Morgan fingerprint density at radius 1 is 1.06 bits per heavy atom. The highest BCUT2D eigenvalue weighted by Gasteiger charge is 2.27. The lowest BCUT2D eigenvalue weighted by Crippen LogP contribution is -2.40. The lowest BCUT2D eigenvalue weighted by Gasteiger charge is -2.32. The maximum Gasteiger partial charge on any atom is 0.253 e. The second kappa shape index (κ2) is 10.9. The summed E-state index contributed by atoms with van der Waals surface area (Å²) < 4.78 is 5.58. The molecule has 2 unspecified atom stereocenters. The number of nitrogens with zero attached hydrogens (tertiary/aromatic N) is 1. The normalized spacial score (nSPS) is 21.3. The van der Waals surface area contributed by atoms with E-state index in [2.05, 4.69) is 15.5 Å². The molecule has 2 heterocycles. The van der Waals surface area contributed by atoms with Gasteiger partial charge in [0.15, 0.2) is 0 Å². The molecule has 32 heavy (non-hydrogen) atoms. The van der Waals surface area contributed by atoms with Gasteiger partial charge in [0, 0.05) is 31.3 Å². The van der Waals surface area contributed by atoms with Crippen LogP contribution in [0, 0.1) is 5.92 Å². The van der Waals surface area contributed by atoms with Crippen LogP contribution in [0.15, 0.2) is 48.5 Å². The lowest BCUT2D eigenvalue weighted by atomic mass is 9.96. The molecule has 0 bridgehead atoms. The van der Waals surface area contributed by atoms with E-state index in [-0.39, 0.29) is 23.8 Å². The minimum absolute atomic E-state index is 0.0479. The molecule has 2 atom stereocenters. The minimum Gasteiger partial charge on any atom is -0.376 e. The Kier molecular flexibility index (Phi) is 7.79. The fourth-order valence-corrected chi connectivity index (χ4v) is 4.61. The van der Waals surface area contributed by atoms with Crippen molar-refractivity contribution in [1.29, 1.82) is 0 Å². The van der Waals surface area contributed by atoms with E-state index >= 15 is 0 Å². The van der Waals surface area contributed by atoms with Crippen LogP contribution in [0.1, 0.15) is 41.6 Å². The minimum atomic E-state index is -0.194. The first-order valence-corrected chi connectivity index (χ1v) is 11.7. The number of para-hydroxylation sites is 1. The number of hydrogen-bond acceptors (Lipinski definition) is 4. The Bertz CT molecular complexity index is 946. The molecule has 2 N–H and O–H groups in total. The number of carbonyl (C=O) groups excluding carboxylic acids is 2. The summed E-state index contributed by atoms with van der Waals surface area (Å²) in [4.78, 5) is 28.1. The smallest absolute Gasteiger partial charge is 0.253 e. The van der Waals surface area contributed by atoms with Gasteiger partial charge in [-0.25, -0.2) is 0 Å². The number of carbonyl (C=O) groups is 2. The Balaban J connectivity index is 1.36. The summed E-state index contributed by atoms with van der Waals surface area (Å²) in [5, 5.41) is 6.69. The molecule has 2 amide bonds. The number of piperidine rings is 1. The van der Waals surface area contributed by atoms with Crippen LogP contribution in [0.2, 0.25) is 5.02 Å².